The Bertz CT molecular complexity index is 611. The Hall–Kier alpha value is -2.07. The van der Waals surface area contributed by atoms with Gasteiger partial charge in [-0.25, -0.2) is 0 Å². The predicted molar refractivity (Wildman–Crippen MR) is 89.3 cm³/mol. The number of aromatic nitrogens is 1. The highest BCUT2D eigenvalue weighted by Crippen LogP contribution is 2.28. The smallest absolute Gasteiger partial charge is 0.121 e. The zero-order chi connectivity index (χ0) is 15.5. The Morgan fingerprint density at radius 3 is 2.18 bits per heavy atom. The highest BCUT2D eigenvalue weighted by atomic mass is 16.3. The molecule has 1 aromatic carbocycles. The SMILES string of the molecule is Cc1cc(N2CCN(Cc3ccncc3)CC2)cc(C)c1O. The van der Waals surface area contributed by atoms with Crippen LogP contribution in [-0.2, 0) is 6.54 Å². The second-order valence-corrected chi connectivity index (χ2v) is 6.05. The number of aromatic hydroxyl groups is 1. The molecule has 0 spiro atoms. The number of nitrogens with zero attached hydrogens (tertiary/aromatic N) is 3. The van der Waals surface area contributed by atoms with Gasteiger partial charge in [0.05, 0.1) is 0 Å². The normalized spacial score (nSPS) is 16.0. The number of anilines is 1. The predicted octanol–water partition coefficient (Wildman–Crippen LogP) is 2.73. The van der Waals surface area contributed by atoms with Crippen LogP contribution in [0.1, 0.15) is 16.7 Å². The van der Waals surface area contributed by atoms with Crippen LogP contribution in [0.2, 0.25) is 0 Å². The Morgan fingerprint density at radius 2 is 1.59 bits per heavy atom. The molecule has 22 heavy (non-hydrogen) atoms. The summed E-state index contributed by atoms with van der Waals surface area (Å²) < 4.78 is 0. The standard InChI is InChI=1S/C18H23N3O/c1-14-11-17(12-15(2)18(14)22)21-9-7-20(8-10-21)13-16-3-5-19-6-4-16/h3-6,11-12,22H,7-10,13H2,1-2H3. The zero-order valence-corrected chi connectivity index (χ0v) is 13.3. The molecule has 4 nitrogen and oxygen atoms in total. The van der Waals surface area contributed by atoms with Gasteiger partial charge in [-0.3, -0.25) is 9.88 Å². The van der Waals surface area contributed by atoms with Gasteiger partial charge in [0, 0.05) is 50.8 Å². The molecular weight excluding hydrogens is 274 g/mol. The zero-order valence-electron chi connectivity index (χ0n) is 13.3. The number of phenols is 1. The number of hydrogen-bond donors (Lipinski definition) is 1. The van der Waals surface area contributed by atoms with Crippen molar-refractivity contribution in [2.45, 2.75) is 20.4 Å². The highest BCUT2D eigenvalue weighted by Gasteiger charge is 2.18. The molecule has 3 rings (SSSR count). The molecule has 0 radical (unpaired) electrons. The third-order valence-electron chi connectivity index (χ3n) is 4.37. The van der Waals surface area contributed by atoms with Crippen molar-refractivity contribution < 1.29 is 5.11 Å². The van der Waals surface area contributed by atoms with E-state index in [2.05, 4.69) is 39.0 Å². The van der Waals surface area contributed by atoms with E-state index in [1.165, 1.54) is 11.3 Å². The average Bonchev–Trinajstić information content (AvgIpc) is 2.54. The molecule has 0 saturated carbocycles. The Balaban J connectivity index is 1.62. The molecule has 0 aliphatic carbocycles. The summed E-state index contributed by atoms with van der Waals surface area (Å²) in [6.07, 6.45) is 3.71. The summed E-state index contributed by atoms with van der Waals surface area (Å²) in [5, 5.41) is 9.90. The van der Waals surface area contributed by atoms with Gasteiger partial charge in [0.15, 0.2) is 0 Å². The van der Waals surface area contributed by atoms with Gasteiger partial charge >= 0.3 is 0 Å². The van der Waals surface area contributed by atoms with E-state index in [1.807, 2.05) is 26.2 Å². The molecule has 1 N–H and O–H groups in total. The quantitative estimate of drug-likeness (QED) is 0.945. The minimum atomic E-state index is 0.417. The van der Waals surface area contributed by atoms with Crippen molar-refractivity contribution in [1.29, 1.82) is 0 Å². The number of aryl methyl sites for hydroxylation is 2. The highest BCUT2D eigenvalue weighted by molar-refractivity contribution is 5.56. The summed E-state index contributed by atoms with van der Waals surface area (Å²) in [5.74, 6) is 0.417. The maximum absolute atomic E-state index is 9.90. The number of rotatable bonds is 3. The fourth-order valence-electron chi connectivity index (χ4n) is 3.03. The van der Waals surface area contributed by atoms with E-state index in [-0.39, 0.29) is 0 Å². The van der Waals surface area contributed by atoms with Crippen LogP contribution in [0.15, 0.2) is 36.7 Å². The maximum atomic E-state index is 9.90. The van der Waals surface area contributed by atoms with Gasteiger partial charge in [-0.2, -0.15) is 0 Å². The third kappa shape index (κ3) is 3.22. The molecule has 1 saturated heterocycles. The molecule has 4 heteroatoms. The lowest BCUT2D eigenvalue weighted by Crippen LogP contribution is -2.46. The summed E-state index contributed by atoms with van der Waals surface area (Å²) in [7, 11) is 0. The van der Waals surface area contributed by atoms with Crippen molar-refractivity contribution >= 4 is 5.69 Å². The maximum Gasteiger partial charge on any atom is 0.121 e. The van der Waals surface area contributed by atoms with Crippen LogP contribution in [0.3, 0.4) is 0 Å². The Kier molecular flexibility index (Phi) is 4.29. The van der Waals surface area contributed by atoms with Crippen LogP contribution in [0.5, 0.6) is 5.75 Å². The summed E-state index contributed by atoms with van der Waals surface area (Å²) >= 11 is 0. The second kappa shape index (κ2) is 6.36. The summed E-state index contributed by atoms with van der Waals surface area (Å²) in [6.45, 7) is 9.08. The minimum Gasteiger partial charge on any atom is -0.507 e. The number of piperazine rings is 1. The molecule has 1 aromatic heterocycles. The first-order valence-corrected chi connectivity index (χ1v) is 7.80. The van der Waals surface area contributed by atoms with Gasteiger partial charge in [-0.05, 0) is 54.8 Å². The van der Waals surface area contributed by atoms with Gasteiger partial charge in [-0.1, -0.05) is 0 Å². The fraction of sp³-hybridized carbons (Fsp3) is 0.389. The first-order chi connectivity index (χ1) is 10.6. The number of phenolic OH excluding ortho intramolecular Hbond substituents is 1. The van der Waals surface area contributed by atoms with Gasteiger partial charge in [0.2, 0.25) is 0 Å². The van der Waals surface area contributed by atoms with Crippen molar-refractivity contribution in [1.82, 2.24) is 9.88 Å². The summed E-state index contributed by atoms with van der Waals surface area (Å²) in [5.41, 5.74) is 4.44. The lowest BCUT2D eigenvalue weighted by atomic mass is 10.1. The first-order valence-electron chi connectivity index (χ1n) is 7.80. The lowest BCUT2D eigenvalue weighted by Gasteiger charge is -2.36. The summed E-state index contributed by atoms with van der Waals surface area (Å²) in [6, 6.07) is 8.33. The number of hydrogen-bond acceptors (Lipinski definition) is 4. The van der Waals surface area contributed by atoms with E-state index in [4.69, 9.17) is 0 Å². The monoisotopic (exact) mass is 297 g/mol. The van der Waals surface area contributed by atoms with Crippen LogP contribution < -0.4 is 4.90 Å². The van der Waals surface area contributed by atoms with E-state index in [9.17, 15) is 5.11 Å². The second-order valence-electron chi connectivity index (χ2n) is 6.05. The Morgan fingerprint density at radius 1 is 1.00 bits per heavy atom. The molecule has 1 aliphatic rings. The van der Waals surface area contributed by atoms with Crippen LogP contribution in [0.4, 0.5) is 5.69 Å². The molecule has 1 fully saturated rings. The molecule has 0 amide bonds. The van der Waals surface area contributed by atoms with E-state index in [1.54, 1.807) is 0 Å². The lowest BCUT2D eigenvalue weighted by molar-refractivity contribution is 0.250. The molecule has 0 bridgehead atoms. The van der Waals surface area contributed by atoms with E-state index in [0.717, 1.165) is 43.9 Å². The largest absolute Gasteiger partial charge is 0.507 e. The fourth-order valence-corrected chi connectivity index (χ4v) is 3.03. The van der Waals surface area contributed by atoms with Crippen molar-refractivity contribution in [2.24, 2.45) is 0 Å². The van der Waals surface area contributed by atoms with Gasteiger partial charge in [0.1, 0.15) is 5.75 Å². The first kappa shape index (κ1) is 14.9. The molecule has 0 atom stereocenters. The topological polar surface area (TPSA) is 39.6 Å². The Labute approximate surface area is 132 Å². The van der Waals surface area contributed by atoms with E-state index in [0.29, 0.717) is 5.75 Å². The average molecular weight is 297 g/mol. The minimum absolute atomic E-state index is 0.417. The number of pyridine rings is 1. The van der Waals surface area contributed by atoms with Crippen molar-refractivity contribution in [3.05, 3.63) is 53.3 Å². The molecule has 2 heterocycles. The molecule has 0 unspecified atom stereocenters. The molecule has 2 aromatic rings. The van der Waals surface area contributed by atoms with Gasteiger partial charge < -0.3 is 10.0 Å². The van der Waals surface area contributed by atoms with Crippen molar-refractivity contribution in [3.63, 3.8) is 0 Å². The van der Waals surface area contributed by atoms with Crippen LogP contribution in [0.25, 0.3) is 0 Å². The van der Waals surface area contributed by atoms with Gasteiger partial charge in [-0.15, -0.1) is 0 Å². The summed E-state index contributed by atoms with van der Waals surface area (Å²) in [4.78, 5) is 8.95. The van der Waals surface area contributed by atoms with Crippen molar-refractivity contribution in [2.75, 3.05) is 31.1 Å². The van der Waals surface area contributed by atoms with E-state index < -0.39 is 0 Å². The van der Waals surface area contributed by atoms with E-state index >= 15 is 0 Å². The van der Waals surface area contributed by atoms with Crippen LogP contribution in [0, 0.1) is 13.8 Å². The molecular formula is C18H23N3O. The van der Waals surface area contributed by atoms with Crippen LogP contribution >= 0.6 is 0 Å². The molecule has 1 aliphatic heterocycles. The molecule has 116 valence electrons. The van der Waals surface area contributed by atoms with Gasteiger partial charge in [0.25, 0.3) is 0 Å². The van der Waals surface area contributed by atoms with Crippen LogP contribution in [-0.4, -0.2) is 41.2 Å². The number of benzene rings is 1. The van der Waals surface area contributed by atoms with Crippen molar-refractivity contribution in [3.8, 4) is 5.75 Å². The third-order valence-corrected chi connectivity index (χ3v) is 4.37.